The lowest BCUT2D eigenvalue weighted by atomic mass is 10.1. The number of alkyl halides is 5. The number of hydrogen-bond acceptors (Lipinski definition) is 7. The highest BCUT2D eigenvalue weighted by Gasteiger charge is 2.49. The van der Waals surface area contributed by atoms with Crippen LogP contribution in [-0.2, 0) is 4.74 Å². The van der Waals surface area contributed by atoms with Crippen LogP contribution in [0.2, 0.25) is 0 Å². The van der Waals surface area contributed by atoms with Crippen LogP contribution in [-0.4, -0.2) is 58.2 Å². The van der Waals surface area contributed by atoms with Crippen LogP contribution in [0.3, 0.4) is 0 Å². The summed E-state index contributed by atoms with van der Waals surface area (Å²) in [6.45, 7) is 3.94. The van der Waals surface area contributed by atoms with Crippen LogP contribution >= 0.6 is 11.3 Å². The minimum Gasteiger partial charge on any atom is -0.461 e. The summed E-state index contributed by atoms with van der Waals surface area (Å²) in [6, 6.07) is -1.13. The van der Waals surface area contributed by atoms with E-state index in [4.69, 9.17) is 4.74 Å². The molecule has 0 spiro atoms. The molecule has 1 amide bonds. The Hall–Kier alpha value is -2.83. The fraction of sp³-hybridized carbons (Fsp3) is 0.565. The number of ether oxygens (including phenoxy) is 1. The zero-order valence-corrected chi connectivity index (χ0v) is 20.4. The topological polar surface area (TPSA) is 84.4 Å². The van der Waals surface area contributed by atoms with Crippen molar-refractivity contribution in [2.24, 2.45) is 5.92 Å². The van der Waals surface area contributed by atoms with Gasteiger partial charge in [0.25, 0.3) is 12.3 Å². The molecule has 1 saturated heterocycles. The molecular weight excluding hydrogens is 507 g/mol. The molecular formula is C23H25F5N4O3S. The first-order valence-electron chi connectivity index (χ1n) is 11.6. The van der Waals surface area contributed by atoms with E-state index in [0.717, 1.165) is 25.1 Å². The van der Waals surface area contributed by atoms with Crippen molar-refractivity contribution in [3.05, 3.63) is 28.5 Å². The van der Waals surface area contributed by atoms with Gasteiger partial charge in [0.1, 0.15) is 17.6 Å². The highest BCUT2D eigenvalue weighted by molar-refractivity contribution is 7.17. The number of aromatic nitrogens is 2. The van der Waals surface area contributed by atoms with Gasteiger partial charge in [-0.3, -0.25) is 4.79 Å². The normalized spacial score (nSPS) is 19.0. The maximum absolute atomic E-state index is 14.1. The van der Waals surface area contributed by atoms with Crippen molar-refractivity contribution in [3.8, 4) is 10.4 Å². The average molecular weight is 533 g/mol. The molecule has 2 aliphatic rings. The molecule has 0 bridgehead atoms. The molecule has 1 aliphatic carbocycles. The SMILES string of the molecule is CCOC(=O)c1nc(C(=O)N2CCCC2C)c(-c2cnc(N[C@H](C3CC3)C(F)(F)F)cc2C(F)F)s1. The minimum absolute atomic E-state index is 0.00827. The van der Waals surface area contributed by atoms with E-state index in [9.17, 15) is 31.5 Å². The van der Waals surface area contributed by atoms with Gasteiger partial charge in [-0.25, -0.2) is 23.5 Å². The number of nitrogens with one attached hydrogen (secondary N) is 1. The van der Waals surface area contributed by atoms with Crippen LogP contribution < -0.4 is 5.32 Å². The fourth-order valence-corrected chi connectivity index (χ4v) is 5.26. The van der Waals surface area contributed by atoms with E-state index in [1.54, 1.807) is 11.8 Å². The van der Waals surface area contributed by atoms with Gasteiger partial charge < -0.3 is 15.0 Å². The van der Waals surface area contributed by atoms with Crippen LogP contribution in [0.25, 0.3) is 10.4 Å². The van der Waals surface area contributed by atoms with Crippen molar-refractivity contribution in [2.75, 3.05) is 18.5 Å². The Morgan fingerprint density at radius 1 is 1.28 bits per heavy atom. The number of carbonyl (C=O) groups excluding carboxylic acids is 2. The lowest BCUT2D eigenvalue weighted by molar-refractivity contribution is -0.146. The summed E-state index contributed by atoms with van der Waals surface area (Å²) in [5, 5.41) is 2.07. The molecule has 0 radical (unpaired) electrons. The van der Waals surface area contributed by atoms with Crippen LogP contribution in [0, 0.1) is 5.92 Å². The average Bonchev–Trinajstić information content (AvgIpc) is 3.39. The molecule has 36 heavy (non-hydrogen) atoms. The van der Waals surface area contributed by atoms with Crippen molar-refractivity contribution in [3.63, 3.8) is 0 Å². The Morgan fingerprint density at radius 3 is 2.56 bits per heavy atom. The number of hydrogen-bond donors (Lipinski definition) is 1. The maximum atomic E-state index is 14.1. The lowest BCUT2D eigenvalue weighted by Crippen LogP contribution is -2.38. The summed E-state index contributed by atoms with van der Waals surface area (Å²) in [6.07, 6.45) is -4.36. The molecule has 196 valence electrons. The molecule has 0 aromatic carbocycles. The van der Waals surface area contributed by atoms with Gasteiger partial charge in [-0.2, -0.15) is 13.2 Å². The first-order chi connectivity index (χ1) is 17.0. The van der Waals surface area contributed by atoms with Gasteiger partial charge in [-0.1, -0.05) is 0 Å². The van der Waals surface area contributed by atoms with Gasteiger partial charge in [0.05, 0.1) is 11.5 Å². The summed E-state index contributed by atoms with van der Waals surface area (Å²) in [4.78, 5) is 35.3. The van der Waals surface area contributed by atoms with E-state index in [2.05, 4.69) is 15.3 Å². The predicted molar refractivity (Wildman–Crippen MR) is 122 cm³/mol. The largest absolute Gasteiger partial charge is 0.461 e. The number of esters is 1. The number of anilines is 1. The monoisotopic (exact) mass is 532 g/mol. The molecule has 1 aliphatic heterocycles. The highest BCUT2D eigenvalue weighted by atomic mass is 32.1. The van der Waals surface area contributed by atoms with Crippen LogP contribution in [0.15, 0.2) is 12.3 Å². The highest BCUT2D eigenvalue weighted by Crippen LogP contribution is 2.43. The van der Waals surface area contributed by atoms with E-state index >= 15 is 0 Å². The van der Waals surface area contributed by atoms with E-state index in [1.807, 2.05) is 6.92 Å². The van der Waals surface area contributed by atoms with Crippen molar-refractivity contribution in [2.45, 2.75) is 64.2 Å². The second-order valence-corrected chi connectivity index (χ2v) is 9.86. The van der Waals surface area contributed by atoms with Gasteiger partial charge in [-0.05, 0) is 51.5 Å². The van der Waals surface area contributed by atoms with Gasteiger partial charge in [0, 0.05) is 29.9 Å². The quantitative estimate of drug-likeness (QED) is 0.347. The molecule has 4 rings (SSSR count). The molecule has 2 aromatic rings. The Balaban J connectivity index is 1.76. The van der Waals surface area contributed by atoms with Gasteiger partial charge in [-0.15, -0.1) is 11.3 Å². The number of amides is 1. The van der Waals surface area contributed by atoms with Crippen molar-refractivity contribution >= 4 is 29.0 Å². The van der Waals surface area contributed by atoms with E-state index < -0.39 is 42.0 Å². The predicted octanol–water partition coefficient (Wildman–Crippen LogP) is 5.70. The van der Waals surface area contributed by atoms with Gasteiger partial charge in [0.2, 0.25) is 5.01 Å². The number of carbonyl (C=O) groups is 2. The molecule has 1 unspecified atom stereocenters. The number of nitrogens with zero attached hydrogens (tertiary/aromatic N) is 3. The molecule has 2 fully saturated rings. The van der Waals surface area contributed by atoms with Crippen molar-refractivity contribution < 1.29 is 36.3 Å². The number of likely N-dealkylation sites (tertiary alicyclic amines) is 1. The van der Waals surface area contributed by atoms with Crippen LogP contribution in [0.5, 0.6) is 0 Å². The molecule has 2 atom stereocenters. The summed E-state index contributed by atoms with van der Waals surface area (Å²) >= 11 is 0.713. The molecule has 7 nitrogen and oxygen atoms in total. The molecule has 1 N–H and O–H groups in total. The van der Waals surface area contributed by atoms with E-state index in [1.165, 1.54) is 0 Å². The van der Waals surface area contributed by atoms with Crippen molar-refractivity contribution in [1.82, 2.24) is 14.9 Å². The fourth-order valence-electron chi connectivity index (χ4n) is 4.27. The molecule has 13 heteroatoms. The third kappa shape index (κ3) is 5.45. The smallest absolute Gasteiger partial charge is 0.408 e. The molecule has 2 aromatic heterocycles. The lowest BCUT2D eigenvalue weighted by Gasteiger charge is -2.23. The Labute approximate surface area is 208 Å². The van der Waals surface area contributed by atoms with E-state index in [0.29, 0.717) is 30.7 Å². The van der Waals surface area contributed by atoms with Crippen molar-refractivity contribution in [1.29, 1.82) is 0 Å². The first kappa shape index (κ1) is 26.2. The third-order valence-corrected chi connectivity index (χ3v) is 7.33. The summed E-state index contributed by atoms with van der Waals surface area (Å²) < 4.78 is 73.5. The molecule has 3 heterocycles. The summed E-state index contributed by atoms with van der Waals surface area (Å²) in [7, 11) is 0. The molecule has 1 saturated carbocycles. The maximum Gasteiger partial charge on any atom is 0.408 e. The van der Waals surface area contributed by atoms with Crippen LogP contribution in [0.4, 0.5) is 27.8 Å². The van der Waals surface area contributed by atoms with E-state index in [-0.39, 0.29) is 39.6 Å². The second kappa shape index (κ2) is 10.3. The number of pyridine rings is 1. The number of rotatable bonds is 8. The number of thiazole rings is 1. The third-order valence-electron chi connectivity index (χ3n) is 6.26. The Bertz CT molecular complexity index is 1140. The minimum atomic E-state index is -4.56. The standard InChI is InChI=1S/C23H25F5N4O3S/c1-3-35-22(34)20-31-16(21(33)32-8-4-5-11(32)2)17(36-20)14-10-29-15(9-13(14)19(24)25)30-18(12-6-7-12)23(26,27)28/h9-12,18-19H,3-8H2,1-2H3,(H,29,30)/t11?,18-/m1/s1. The Morgan fingerprint density at radius 2 is 2.00 bits per heavy atom. The Kier molecular flexibility index (Phi) is 7.48. The zero-order valence-electron chi connectivity index (χ0n) is 19.6. The zero-order chi connectivity index (χ0) is 26.2. The van der Waals surface area contributed by atoms with Gasteiger partial charge in [0.15, 0.2) is 0 Å². The summed E-state index contributed by atoms with van der Waals surface area (Å²) in [5.41, 5.74) is -0.979. The first-order valence-corrected chi connectivity index (χ1v) is 12.4. The number of halogens is 5. The second-order valence-electron chi connectivity index (χ2n) is 8.87. The summed E-state index contributed by atoms with van der Waals surface area (Å²) in [5.74, 6) is -2.31. The van der Waals surface area contributed by atoms with Gasteiger partial charge >= 0.3 is 12.1 Å². The van der Waals surface area contributed by atoms with Crippen LogP contribution in [0.1, 0.15) is 71.8 Å².